The van der Waals surface area contributed by atoms with Crippen LogP contribution in [0.2, 0.25) is 0 Å². The number of hydrogen-bond acceptors (Lipinski definition) is 5. The van der Waals surface area contributed by atoms with Crippen LogP contribution in [0.3, 0.4) is 0 Å². The summed E-state index contributed by atoms with van der Waals surface area (Å²) in [6, 6.07) is 21.5. The minimum absolute atomic E-state index is 0.0801. The van der Waals surface area contributed by atoms with E-state index in [0.717, 1.165) is 23.5 Å². The molecule has 6 nitrogen and oxygen atoms in total. The van der Waals surface area contributed by atoms with E-state index in [0.29, 0.717) is 31.1 Å². The SMILES string of the molecule is CCOC(Cc1ccccc1F)(C(=O)O)C(C)c1ccc(OCCN2CCOc3ccccc32)cc1. The van der Waals surface area contributed by atoms with Gasteiger partial charge in [0.25, 0.3) is 0 Å². The van der Waals surface area contributed by atoms with Crippen LogP contribution in [0.5, 0.6) is 11.5 Å². The zero-order chi connectivity index (χ0) is 25.5. The Labute approximate surface area is 211 Å². The van der Waals surface area contributed by atoms with Gasteiger partial charge >= 0.3 is 5.97 Å². The highest BCUT2D eigenvalue weighted by Gasteiger charge is 2.46. The first-order valence-electron chi connectivity index (χ1n) is 12.2. The number of carboxylic acids is 1. The van der Waals surface area contributed by atoms with E-state index in [4.69, 9.17) is 14.2 Å². The fourth-order valence-electron chi connectivity index (χ4n) is 4.69. The minimum Gasteiger partial charge on any atom is -0.492 e. The van der Waals surface area contributed by atoms with Crippen LogP contribution in [0, 0.1) is 5.82 Å². The lowest BCUT2D eigenvalue weighted by Gasteiger charge is -2.35. The van der Waals surface area contributed by atoms with Crippen molar-refractivity contribution in [1.82, 2.24) is 0 Å². The molecule has 0 fully saturated rings. The number of para-hydroxylation sites is 2. The lowest BCUT2D eigenvalue weighted by atomic mass is 9.78. The molecule has 0 saturated heterocycles. The Balaban J connectivity index is 1.44. The van der Waals surface area contributed by atoms with Gasteiger partial charge in [0.1, 0.15) is 30.5 Å². The lowest BCUT2D eigenvalue weighted by Crippen LogP contribution is -2.48. The van der Waals surface area contributed by atoms with Gasteiger partial charge in [0.2, 0.25) is 0 Å². The molecule has 190 valence electrons. The van der Waals surface area contributed by atoms with Crippen molar-refractivity contribution in [3.63, 3.8) is 0 Å². The molecular formula is C29H32FNO5. The maximum Gasteiger partial charge on any atom is 0.336 e. The smallest absolute Gasteiger partial charge is 0.336 e. The second kappa shape index (κ2) is 11.4. The van der Waals surface area contributed by atoms with Crippen LogP contribution >= 0.6 is 0 Å². The number of aliphatic carboxylic acids is 1. The fraction of sp³-hybridized carbons (Fsp3) is 0.345. The normalized spacial score (nSPS) is 15.4. The first kappa shape index (κ1) is 25.5. The van der Waals surface area contributed by atoms with Gasteiger partial charge in [-0.15, -0.1) is 0 Å². The highest BCUT2D eigenvalue weighted by molar-refractivity contribution is 5.79. The molecule has 0 aliphatic carbocycles. The quantitative estimate of drug-likeness (QED) is 0.391. The third-order valence-corrected chi connectivity index (χ3v) is 6.71. The standard InChI is InChI=1S/C29H32FNO5/c1-3-36-29(28(32)33,20-23-8-4-5-9-25(23)30)21(2)22-12-14-24(15-13-22)34-18-16-31-17-19-35-27-11-7-6-10-26(27)31/h4-15,21H,3,16-20H2,1-2H3,(H,32,33). The molecule has 4 rings (SSSR count). The molecule has 3 aromatic carbocycles. The molecule has 0 saturated carbocycles. The van der Waals surface area contributed by atoms with Gasteiger partial charge in [0.15, 0.2) is 5.60 Å². The molecule has 0 bridgehead atoms. The molecule has 0 amide bonds. The van der Waals surface area contributed by atoms with Crippen LogP contribution in [0.25, 0.3) is 0 Å². The predicted molar refractivity (Wildman–Crippen MR) is 137 cm³/mol. The molecule has 2 atom stereocenters. The zero-order valence-corrected chi connectivity index (χ0v) is 20.7. The zero-order valence-electron chi connectivity index (χ0n) is 20.7. The summed E-state index contributed by atoms with van der Waals surface area (Å²) in [4.78, 5) is 14.7. The number of carbonyl (C=O) groups is 1. The van der Waals surface area contributed by atoms with E-state index < -0.39 is 23.3 Å². The van der Waals surface area contributed by atoms with Gasteiger partial charge in [0, 0.05) is 18.9 Å². The third kappa shape index (κ3) is 5.46. The number of benzene rings is 3. The largest absolute Gasteiger partial charge is 0.492 e. The van der Waals surface area contributed by atoms with Gasteiger partial charge in [-0.05, 0) is 48.4 Å². The van der Waals surface area contributed by atoms with Gasteiger partial charge in [-0.1, -0.05) is 49.4 Å². The molecule has 0 spiro atoms. The predicted octanol–water partition coefficient (Wildman–Crippen LogP) is 5.31. The fourth-order valence-corrected chi connectivity index (χ4v) is 4.69. The van der Waals surface area contributed by atoms with Crippen molar-refractivity contribution in [2.45, 2.75) is 31.8 Å². The van der Waals surface area contributed by atoms with Crippen LogP contribution in [-0.4, -0.2) is 49.6 Å². The molecule has 1 N–H and O–H groups in total. The average molecular weight is 494 g/mol. The highest BCUT2D eigenvalue weighted by atomic mass is 19.1. The Morgan fingerprint density at radius 3 is 2.56 bits per heavy atom. The van der Waals surface area contributed by atoms with E-state index in [9.17, 15) is 14.3 Å². The van der Waals surface area contributed by atoms with Gasteiger partial charge < -0.3 is 24.2 Å². The molecule has 1 aliphatic rings. The molecule has 1 aliphatic heterocycles. The Hall–Kier alpha value is -3.58. The van der Waals surface area contributed by atoms with Gasteiger partial charge in [-0.3, -0.25) is 0 Å². The Morgan fingerprint density at radius 1 is 1.11 bits per heavy atom. The van der Waals surface area contributed by atoms with Crippen LogP contribution < -0.4 is 14.4 Å². The van der Waals surface area contributed by atoms with Crippen molar-refractivity contribution in [3.8, 4) is 11.5 Å². The highest BCUT2D eigenvalue weighted by Crippen LogP contribution is 2.36. The number of ether oxygens (including phenoxy) is 3. The van der Waals surface area contributed by atoms with Gasteiger partial charge in [-0.2, -0.15) is 0 Å². The summed E-state index contributed by atoms with van der Waals surface area (Å²) in [5.74, 6) is -0.519. The lowest BCUT2D eigenvalue weighted by molar-refractivity contribution is -0.168. The average Bonchev–Trinajstić information content (AvgIpc) is 2.89. The monoisotopic (exact) mass is 493 g/mol. The molecule has 36 heavy (non-hydrogen) atoms. The van der Waals surface area contributed by atoms with Crippen LogP contribution in [0.15, 0.2) is 72.8 Å². The molecule has 3 aromatic rings. The number of fused-ring (bicyclic) bond motifs is 1. The summed E-state index contributed by atoms with van der Waals surface area (Å²) in [5.41, 5.74) is 0.539. The Morgan fingerprint density at radius 2 is 1.83 bits per heavy atom. The summed E-state index contributed by atoms with van der Waals surface area (Å²) < 4.78 is 31.9. The number of rotatable bonds is 11. The van der Waals surface area contributed by atoms with Crippen LogP contribution in [-0.2, 0) is 16.0 Å². The van der Waals surface area contributed by atoms with Crippen LogP contribution in [0.1, 0.15) is 30.9 Å². The van der Waals surface area contributed by atoms with E-state index in [1.54, 1.807) is 32.0 Å². The van der Waals surface area contributed by atoms with E-state index in [1.165, 1.54) is 6.07 Å². The minimum atomic E-state index is -1.61. The third-order valence-electron chi connectivity index (χ3n) is 6.71. The first-order chi connectivity index (χ1) is 17.4. The topological polar surface area (TPSA) is 68.2 Å². The Kier molecular flexibility index (Phi) is 8.10. The summed E-state index contributed by atoms with van der Waals surface area (Å²) in [5, 5.41) is 10.2. The van der Waals surface area contributed by atoms with Crippen molar-refractivity contribution in [2.24, 2.45) is 0 Å². The molecule has 0 aromatic heterocycles. The molecule has 7 heteroatoms. The second-order valence-electron chi connectivity index (χ2n) is 8.84. The first-order valence-corrected chi connectivity index (χ1v) is 12.2. The summed E-state index contributed by atoms with van der Waals surface area (Å²) >= 11 is 0. The van der Waals surface area contributed by atoms with Crippen molar-refractivity contribution in [1.29, 1.82) is 0 Å². The number of anilines is 1. The summed E-state index contributed by atoms with van der Waals surface area (Å²) in [6.45, 7) is 6.39. The maximum absolute atomic E-state index is 14.4. The van der Waals surface area contributed by atoms with E-state index in [-0.39, 0.29) is 13.0 Å². The summed E-state index contributed by atoms with van der Waals surface area (Å²) in [6.07, 6.45) is -0.0801. The molecule has 0 radical (unpaired) electrons. The Bertz CT molecular complexity index is 1170. The summed E-state index contributed by atoms with van der Waals surface area (Å²) in [7, 11) is 0. The van der Waals surface area contributed by atoms with Gasteiger partial charge in [0.05, 0.1) is 18.8 Å². The van der Waals surface area contributed by atoms with E-state index in [2.05, 4.69) is 4.90 Å². The number of halogens is 1. The van der Waals surface area contributed by atoms with E-state index in [1.807, 2.05) is 48.5 Å². The van der Waals surface area contributed by atoms with Crippen molar-refractivity contribution >= 4 is 11.7 Å². The molecular weight excluding hydrogens is 461 g/mol. The number of hydrogen-bond donors (Lipinski definition) is 1. The second-order valence-corrected chi connectivity index (χ2v) is 8.84. The molecule has 2 unspecified atom stereocenters. The number of nitrogens with zero attached hydrogens (tertiary/aromatic N) is 1. The van der Waals surface area contributed by atoms with Crippen molar-refractivity contribution < 1.29 is 28.5 Å². The van der Waals surface area contributed by atoms with Crippen molar-refractivity contribution in [3.05, 3.63) is 89.7 Å². The van der Waals surface area contributed by atoms with Crippen LogP contribution in [0.4, 0.5) is 10.1 Å². The number of carboxylic acid groups (broad SMARTS) is 1. The maximum atomic E-state index is 14.4. The molecule has 1 heterocycles. The van der Waals surface area contributed by atoms with Gasteiger partial charge in [-0.25, -0.2) is 9.18 Å². The van der Waals surface area contributed by atoms with Crippen molar-refractivity contribution in [2.75, 3.05) is 37.8 Å². The van der Waals surface area contributed by atoms with E-state index >= 15 is 0 Å².